The van der Waals surface area contributed by atoms with Gasteiger partial charge in [0.2, 0.25) is 0 Å². The topological polar surface area (TPSA) is 12.0 Å². The summed E-state index contributed by atoms with van der Waals surface area (Å²) in [6, 6.07) is 0.734. The van der Waals surface area contributed by atoms with Crippen molar-refractivity contribution in [3.05, 3.63) is 0 Å². The summed E-state index contributed by atoms with van der Waals surface area (Å²) in [5.41, 5.74) is 0.552. The van der Waals surface area contributed by atoms with Gasteiger partial charge in [0, 0.05) is 6.04 Å². The quantitative estimate of drug-likeness (QED) is 0.728. The van der Waals surface area contributed by atoms with E-state index in [2.05, 4.69) is 40.1 Å². The van der Waals surface area contributed by atoms with Gasteiger partial charge in [-0.15, -0.1) is 0 Å². The van der Waals surface area contributed by atoms with Crippen LogP contribution in [0.5, 0.6) is 0 Å². The summed E-state index contributed by atoms with van der Waals surface area (Å²) in [5.74, 6) is 1.74. The van der Waals surface area contributed by atoms with Crippen LogP contribution >= 0.6 is 0 Å². The van der Waals surface area contributed by atoms with Crippen LogP contribution in [0.3, 0.4) is 0 Å². The van der Waals surface area contributed by atoms with Gasteiger partial charge in [-0.25, -0.2) is 0 Å². The van der Waals surface area contributed by atoms with Gasteiger partial charge in [-0.3, -0.25) is 0 Å². The molecule has 2 unspecified atom stereocenters. The highest BCUT2D eigenvalue weighted by molar-refractivity contribution is 4.94. The molecule has 0 aromatic rings. The molecule has 0 radical (unpaired) electrons. The molecule has 0 amide bonds. The molecule has 1 saturated carbocycles. The van der Waals surface area contributed by atoms with Gasteiger partial charge in [-0.05, 0) is 37.1 Å². The van der Waals surface area contributed by atoms with Crippen molar-refractivity contribution in [3.8, 4) is 0 Å². The van der Waals surface area contributed by atoms with Gasteiger partial charge in [0.1, 0.15) is 0 Å². The molecular formula is C14H29N. The first kappa shape index (κ1) is 13.0. The summed E-state index contributed by atoms with van der Waals surface area (Å²) < 4.78 is 0. The van der Waals surface area contributed by atoms with Crippen molar-refractivity contribution >= 4 is 0 Å². The van der Waals surface area contributed by atoms with E-state index >= 15 is 0 Å². The van der Waals surface area contributed by atoms with Gasteiger partial charge in [0.15, 0.2) is 0 Å². The Balaban J connectivity index is 2.73. The number of nitrogens with one attached hydrogen (secondary N) is 1. The minimum Gasteiger partial charge on any atom is -0.316 e. The Morgan fingerprint density at radius 2 is 1.87 bits per heavy atom. The third-order valence-electron chi connectivity index (χ3n) is 4.66. The second-order valence-electron chi connectivity index (χ2n) is 5.88. The lowest BCUT2D eigenvalue weighted by Gasteiger charge is -2.38. The van der Waals surface area contributed by atoms with Crippen molar-refractivity contribution in [1.29, 1.82) is 0 Å². The molecule has 1 nitrogen and oxygen atoms in total. The van der Waals surface area contributed by atoms with Crippen molar-refractivity contribution in [3.63, 3.8) is 0 Å². The molecule has 1 heteroatoms. The average Bonchev–Trinajstić information content (AvgIpc) is 2.54. The first-order valence-corrected chi connectivity index (χ1v) is 6.74. The fourth-order valence-electron chi connectivity index (χ4n) is 3.58. The van der Waals surface area contributed by atoms with Crippen molar-refractivity contribution in [2.24, 2.45) is 17.3 Å². The molecule has 90 valence electrons. The zero-order chi connectivity index (χ0) is 11.5. The van der Waals surface area contributed by atoms with Crippen LogP contribution in [-0.2, 0) is 0 Å². The van der Waals surface area contributed by atoms with E-state index in [1.807, 2.05) is 0 Å². The minimum atomic E-state index is 0.552. The van der Waals surface area contributed by atoms with Gasteiger partial charge < -0.3 is 5.32 Å². The van der Waals surface area contributed by atoms with Gasteiger partial charge in [-0.1, -0.05) is 47.0 Å². The van der Waals surface area contributed by atoms with Crippen molar-refractivity contribution < 1.29 is 0 Å². The Morgan fingerprint density at radius 1 is 1.27 bits per heavy atom. The number of hydrogen-bond acceptors (Lipinski definition) is 1. The Kier molecular flexibility index (Phi) is 4.64. The standard InChI is InChI=1S/C14H29N/c1-6-11(7-2)13(15-5)12-9-8-10-14(12,3)4/h11-13,15H,6-10H2,1-5H3. The Bertz CT molecular complexity index is 182. The van der Waals surface area contributed by atoms with E-state index in [-0.39, 0.29) is 0 Å². The van der Waals surface area contributed by atoms with Crippen LogP contribution in [0.1, 0.15) is 59.8 Å². The predicted octanol–water partition coefficient (Wildman–Crippen LogP) is 3.84. The summed E-state index contributed by atoms with van der Waals surface area (Å²) in [6.07, 6.45) is 6.89. The van der Waals surface area contributed by atoms with E-state index in [0.717, 1.165) is 17.9 Å². The molecular weight excluding hydrogens is 182 g/mol. The maximum absolute atomic E-state index is 3.60. The van der Waals surface area contributed by atoms with Crippen LogP contribution < -0.4 is 5.32 Å². The SMILES string of the molecule is CCC(CC)C(NC)C1CCCC1(C)C. The summed E-state index contributed by atoms with van der Waals surface area (Å²) in [7, 11) is 2.15. The maximum Gasteiger partial charge on any atom is 0.0125 e. The van der Waals surface area contributed by atoms with E-state index in [4.69, 9.17) is 0 Å². The van der Waals surface area contributed by atoms with Gasteiger partial charge in [0.25, 0.3) is 0 Å². The molecule has 1 aliphatic rings. The van der Waals surface area contributed by atoms with E-state index in [9.17, 15) is 0 Å². The van der Waals surface area contributed by atoms with E-state index < -0.39 is 0 Å². The molecule has 1 aliphatic carbocycles. The number of hydrogen-bond donors (Lipinski definition) is 1. The highest BCUT2D eigenvalue weighted by Gasteiger charge is 2.40. The molecule has 15 heavy (non-hydrogen) atoms. The van der Waals surface area contributed by atoms with Crippen LogP contribution in [0.25, 0.3) is 0 Å². The molecule has 0 spiro atoms. The smallest absolute Gasteiger partial charge is 0.0125 e. The third-order valence-corrected chi connectivity index (χ3v) is 4.66. The molecule has 0 aromatic carbocycles. The predicted molar refractivity (Wildman–Crippen MR) is 68.0 cm³/mol. The monoisotopic (exact) mass is 211 g/mol. The molecule has 1 rings (SSSR count). The maximum atomic E-state index is 3.60. The van der Waals surface area contributed by atoms with Crippen molar-refractivity contribution in [1.82, 2.24) is 5.32 Å². The second-order valence-corrected chi connectivity index (χ2v) is 5.88. The zero-order valence-corrected chi connectivity index (χ0v) is 11.3. The van der Waals surface area contributed by atoms with Crippen LogP contribution in [0.15, 0.2) is 0 Å². The molecule has 0 bridgehead atoms. The van der Waals surface area contributed by atoms with Crippen molar-refractivity contribution in [2.45, 2.75) is 65.8 Å². The lowest BCUT2D eigenvalue weighted by Crippen LogP contribution is -2.44. The van der Waals surface area contributed by atoms with Crippen LogP contribution in [0, 0.1) is 17.3 Å². The van der Waals surface area contributed by atoms with Gasteiger partial charge in [0.05, 0.1) is 0 Å². The molecule has 0 heterocycles. The fourth-order valence-corrected chi connectivity index (χ4v) is 3.58. The van der Waals surface area contributed by atoms with Crippen molar-refractivity contribution in [2.75, 3.05) is 7.05 Å². The van der Waals surface area contributed by atoms with Crippen LogP contribution in [0.4, 0.5) is 0 Å². The van der Waals surface area contributed by atoms with Gasteiger partial charge in [-0.2, -0.15) is 0 Å². The minimum absolute atomic E-state index is 0.552. The van der Waals surface area contributed by atoms with E-state index in [0.29, 0.717) is 5.41 Å². The molecule has 1 N–H and O–H groups in total. The largest absolute Gasteiger partial charge is 0.316 e. The fraction of sp³-hybridized carbons (Fsp3) is 1.00. The lowest BCUT2D eigenvalue weighted by atomic mass is 9.72. The Labute approximate surface area is 96.0 Å². The highest BCUT2D eigenvalue weighted by Crippen LogP contribution is 2.46. The summed E-state index contributed by atoms with van der Waals surface area (Å²) in [5, 5.41) is 3.60. The normalized spacial score (nSPS) is 27.2. The molecule has 0 saturated heterocycles. The Hall–Kier alpha value is -0.0400. The summed E-state index contributed by atoms with van der Waals surface area (Å²) in [6.45, 7) is 9.58. The number of rotatable bonds is 5. The second kappa shape index (κ2) is 5.34. The molecule has 2 atom stereocenters. The zero-order valence-electron chi connectivity index (χ0n) is 11.3. The van der Waals surface area contributed by atoms with Crippen LogP contribution in [0.2, 0.25) is 0 Å². The highest BCUT2D eigenvalue weighted by atomic mass is 14.9. The summed E-state index contributed by atoms with van der Waals surface area (Å²) in [4.78, 5) is 0. The molecule has 0 aromatic heterocycles. The first-order chi connectivity index (χ1) is 7.06. The molecule has 0 aliphatic heterocycles. The summed E-state index contributed by atoms with van der Waals surface area (Å²) >= 11 is 0. The molecule has 1 fully saturated rings. The van der Waals surface area contributed by atoms with Crippen LogP contribution in [-0.4, -0.2) is 13.1 Å². The third kappa shape index (κ3) is 2.75. The van der Waals surface area contributed by atoms with Gasteiger partial charge >= 0.3 is 0 Å². The lowest BCUT2D eigenvalue weighted by molar-refractivity contribution is 0.154. The van der Waals surface area contributed by atoms with E-state index in [1.54, 1.807) is 0 Å². The Morgan fingerprint density at radius 3 is 2.20 bits per heavy atom. The van der Waals surface area contributed by atoms with E-state index in [1.165, 1.54) is 32.1 Å². The average molecular weight is 211 g/mol. The first-order valence-electron chi connectivity index (χ1n) is 6.74.